The lowest BCUT2D eigenvalue weighted by Gasteiger charge is -2.05. The van der Waals surface area contributed by atoms with Gasteiger partial charge in [0.15, 0.2) is 5.82 Å². The third-order valence-corrected chi connectivity index (χ3v) is 3.08. The Kier molecular flexibility index (Phi) is 6.23. The summed E-state index contributed by atoms with van der Waals surface area (Å²) in [6.07, 6.45) is 1.95. The number of rotatable bonds is 7. The van der Waals surface area contributed by atoms with Gasteiger partial charge in [0.25, 0.3) is 0 Å². The van der Waals surface area contributed by atoms with Crippen LogP contribution in [0.4, 0.5) is 17.2 Å². The number of unbranched alkanes of at least 4 members (excludes halogenated alkanes) is 1. The molecule has 0 atom stereocenters. The number of ether oxygens (including phenoxy) is 1. The van der Waals surface area contributed by atoms with Gasteiger partial charge in [-0.05, 0) is 30.7 Å². The monoisotopic (exact) mass is 312 g/mol. The standard InChI is InChI=1S/C17H20N4O2/c1-2-3-11-23-16(22)12-14-9-10-15(17(18)19-14)21-20-13-7-5-4-6-8-13/h4-10H,2-3,11-12H2,1H3,(H2,18,19). The molecule has 120 valence electrons. The third kappa shape index (κ3) is 5.50. The van der Waals surface area contributed by atoms with Crippen LogP contribution >= 0.6 is 0 Å². The van der Waals surface area contributed by atoms with Crippen molar-refractivity contribution in [3.8, 4) is 0 Å². The Bertz CT molecular complexity index is 672. The Balaban J connectivity index is 1.98. The van der Waals surface area contributed by atoms with E-state index in [1.807, 2.05) is 37.3 Å². The van der Waals surface area contributed by atoms with E-state index >= 15 is 0 Å². The van der Waals surface area contributed by atoms with Gasteiger partial charge in [0.05, 0.1) is 24.4 Å². The molecule has 0 radical (unpaired) electrons. The lowest BCUT2D eigenvalue weighted by Crippen LogP contribution is -2.10. The van der Waals surface area contributed by atoms with Crippen LogP contribution in [0, 0.1) is 0 Å². The molecule has 1 aromatic heterocycles. The number of azo groups is 1. The van der Waals surface area contributed by atoms with E-state index in [1.54, 1.807) is 12.1 Å². The number of nitrogens with two attached hydrogens (primary N) is 1. The summed E-state index contributed by atoms with van der Waals surface area (Å²) in [6.45, 7) is 2.48. The summed E-state index contributed by atoms with van der Waals surface area (Å²) in [5, 5.41) is 8.17. The number of hydrogen-bond donors (Lipinski definition) is 1. The maximum Gasteiger partial charge on any atom is 0.311 e. The molecule has 6 nitrogen and oxygen atoms in total. The molecule has 0 spiro atoms. The number of esters is 1. The van der Waals surface area contributed by atoms with Crippen LogP contribution in [-0.2, 0) is 16.0 Å². The van der Waals surface area contributed by atoms with Crippen molar-refractivity contribution in [2.75, 3.05) is 12.3 Å². The second kappa shape index (κ2) is 8.63. The molecule has 1 aromatic carbocycles. The number of carbonyl (C=O) groups excluding carboxylic acids is 1. The SMILES string of the molecule is CCCCOC(=O)Cc1ccc(N=Nc2ccccc2)c(N)n1. The topological polar surface area (TPSA) is 89.9 Å². The zero-order chi connectivity index (χ0) is 16.5. The zero-order valence-electron chi connectivity index (χ0n) is 13.1. The summed E-state index contributed by atoms with van der Waals surface area (Å²) in [5.74, 6) is -0.0625. The highest BCUT2D eigenvalue weighted by Crippen LogP contribution is 2.23. The molecular weight excluding hydrogens is 292 g/mol. The van der Waals surface area contributed by atoms with Gasteiger partial charge < -0.3 is 10.5 Å². The molecule has 0 unspecified atom stereocenters. The molecule has 0 aliphatic carbocycles. The van der Waals surface area contributed by atoms with Crippen LogP contribution in [0.15, 0.2) is 52.7 Å². The van der Waals surface area contributed by atoms with Crippen molar-refractivity contribution in [1.82, 2.24) is 4.98 Å². The Morgan fingerprint density at radius 3 is 2.65 bits per heavy atom. The number of nitrogen functional groups attached to an aromatic ring is 1. The number of carbonyl (C=O) groups is 1. The van der Waals surface area contributed by atoms with Crippen LogP contribution in [0.5, 0.6) is 0 Å². The predicted octanol–water partition coefficient (Wildman–Crippen LogP) is 3.97. The second-order valence-electron chi connectivity index (χ2n) is 4.99. The molecule has 0 bridgehead atoms. The van der Waals surface area contributed by atoms with Gasteiger partial charge in [-0.3, -0.25) is 4.79 Å². The average molecular weight is 312 g/mol. The van der Waals surface area contributed by atoms with Crippen LogP contribution in [0.2, 0.25) is 0 Å². The van der Waals surface area contributed by atoms with E-state index in [0.717, 1.165) is 18.5 Å². The summed E-state index contributed by atoms with van der Waals surface area (Å²) in [6, 6.07) is 12.7. The third-order valence-electron chi connectivity index (χ3n) is 3.08. The first kappa shape index (κ1) is 16.6. The van der Waals surface area contributed by atoms with Gasteiger partial charge in [-0.15, -0.1) is 5.11 Å². The summed E-state index contributed by atoms with van der Waals surface area (Å²) < 4.78 is 5.10. The van der Waals surface area contributed by atoms with E-state index in [9.17, 15) is 4.79 Å². The Labute approximate surface area is 135 Å². The smallest absolute Gasteiger partial charge is 0.311 e. The molecule has 23 heavy (non-hydrogen) atoms. The molecule has 1 heterocycles. The molecule has 0 aliphatic rings. The highest BCUT2D eigenvalue weighted by Gasteiger charge is 2.08. The Morgan fingerprint density at radius 1 is 1.17 bits per heavy atom. The fourth-order valence-electron chi connectivity index (χ4n) is 1.83. The van der Waals surface area contributed by atoms with Crippen molar-refractivity contribution in [2.45, 2.75) is 26.2 Å². The van der Waals surface area contributed by atoms with Gasteiger partial charge in [0, 0.05) is 0 Å². The zero-order valence-corrected chi connectivity index (χ0v) is 13.1. The number of aromatic nitrogens is 1. The quantitative estimate of drug-likeness (QED) is 0.476. The molecule has 2 rings (SSSR count). The minimum Gasteiger partial charge on any atom is -0.465 e. The van der Waals surface area contributed by atoms with Gasteiger partial charge >= 0.3 is 5.97 Å². The normalized spacial score (nSPS) is 10.8. The van der Waals surface area contributed by atoms with Gasteiger partial charge in [-0.25, -0.2) is 4.98 Å². The van der Waals surface area contributed by atoms with Crippen molar-refractivity contribution >= 4 is 23.2 Å². The summed E-state index contributed by atoms with van der Waals surface area (Å²) >= 11 is 0. The lowest BCUT2D eigenvalue weighted by atomic mass is 10.2. The van der Waals surface area contributed by atoms with Crippen LogP contribution in [-0.4, -0.2) is 17.6 Å². The number of benzene rings is 1. The van der Waals surface area contributed by atoms with E-state index in [-0.39, 0.29) is 18.2 Å². The van der Waals surface area contributed by atoms with Gasteiger partial charge in [0.2, 0.25) is 0 Å². The van der Waals surface area contributed by atoms with Crippen LogP contribution < -0.4 is 5.73 Å². The molecule has 0 fully saturated rings. The van der Waals surface area contributed by atoms with E-state index in [4.69, 9.17) is 10.5 Å². The summed E-state index contributed by atoms with van der Waals surface area (Å²) in [7, 11) is 0. The Morgan fingerprint density at radius 2 is 1.96 bits per heavy atom. The van der Waals surface area contributed by atoms with Crippen LogP contribution in [0.3, 0.4) is 0 Å². The van der Waals surface area contributed by atoms with Crippen LogP contribution in [0.1, 0.15) is 25.5 Å². The fourth-order valence-corrected chi connectivity index (χ4v) is 1.83. The van der Waals surface area contributed by atoms with Crippen molar-refractivity contribution < 1.29 is 9.53 Å². The molecular formula is C17H20N4O2. The van der Waals surface area contributed by atoms with E-state index < -0.39 is 0 Å². The van der Waals surface area contributed by atoms with Crippen molar-refractivity contribution in [3.63, 3.8) is 0 Å². The first-order chi connectivity index (χ1) is 11.2. The highest BCUT2D eigenvalue weighted by atomic mass is 16.5. The molecule has 0 aliphatic heterocycles. The molecule has 2 aromatic rings. The summed E-state index contributed by atoms with van der Waals surface area (Å²) in [5.41, 5.74) is 7.63. The number of nitrogens with zero attached hydrogens (tertiary/aromatic N) is 3. The number of pyridine rings is 1. The maximum atomic E-state index is 11.6. The van der Waals surface area contributed by atoms with Crippen molar-refractivity contribution in [1.29, 1.82) is 0 Å². The molecule has 6 heteroatoms. The minimum absolute atomic E-state index is 0.101. The fraction of sp³-hybridized carbons (Fsp3) is 0.294. The lowest BCUT2D eigenvalue weighted by molar-refractivity contribution is -0.143. The van der Waals surface area contributed by atoms with Crippen molar-refractivity contribution in [2.24, 2.45) is 10.2 Å². The van der Waals surface area contributed by atoms with Crippen molar-refractivity contribution in [3.05, 3.63) is 48.2 Å². The largest absolute Gasteiger partial charge is 0.465 e. The first-order valence-corrected chi connectivity index (χ1v) is 7.57. The van der Waals surface area contributed by atoms with Crippen LogP contribution in [0.25, 0.3) is 0 Å². The average Bonchev–Trinajstić information content (AvgIpc) is 2.55. The minimum atomic E-state index is -0.302. The van der Waals surface area contributed by atoms with E-state index in [2.05, 4.69) is 15.2 Å². The molecule has 2 N–H and O–H groups in total. The highest BCUT2D eigenvalue weighted by molar-refractivity contribution is 5.72. The number of hydrogen-bond acceptors (Lipinski definition) is 6. The summed E-state index contributed by atoms with van der Waals surface area (Å²) in [4.78, 5) is 15.8. The Hall–Kier alpha value is -2.76. The van der Waals surface area contributed by atoms with E-state index in [0.29, 0.717) is 18.0 Å². The molecule has 0 saturated carbocycles. The molecule has 0 amide bonds. The van der Waals surface area contributed by atoms with E-state index in [1.165, 1.54) is 0 Å². The maximum absolute atomic E-state index is 11.6. The predicted molar refractivity (Wildman–Crippen MR) is 88.8 cm³/mol. The van der Waals surface area contributed by atoms with Gasteiger partial charge in [-0.1, -0.05) is 31.5 Å². The second-order valence-corrected chi connectivity index (χ2v) is 4.99. The first-order valence-electron chi connectivity index (χ1n) is 7.57. The van der Waals surface area contributed by atoms with Gasteiger partial charge in [-0.2, -0.15) is 5.11 Å². The number of anilines is 1. The molecule has 0 saturated heterocycles. The van der Waals surface area contributed by atoms with Gasteiger partial charge in [0.1, 0.15) is 5.69 Å².